The number of amides is 1. The molecule has 6 heteroatoms. The molecule has 6 nitrogen and oxygen atoms in total. The average molecular weight is 420 g/mol. The van der Waals surface area contributed by atoms with E-state index in [1.807, 2.05) is 30.9 Å². The molecule has 4 rings (SSSR count). The number of rotatable bonds is 7. The van der Waals surface area contributed by atoms with Gasteiger partial charge in [0, 0.05) is 31.4 Å². The van der Waals surface area contributed by atoms with Gasteiger partial charge in [-0.15, -0.1) is 0 Å². The van der Waals surface area contributed by atoms with Gasteiger partial charge in [-0.25, -0.2) is 0 Å². The Hall–Kier alpha value is -3.12. The lowest BCUT2D eigenvalue weighted by atomic mass is 9.93. The summed E-state index contributed by atoms with van der Waals surface area (Å²) in [6.45, 7) is 7.16. The van der Waals surface area contributed by atoms with E-state index >= 15 is 0 Å². The smallest absolute Gasteiger partial charge is 0.273 e. The molecular weight excluding hydrogens is 390 g/mol. The number of benzene rings is 2. The van der Waals surface area contributed by atoms with E-state index in [1.165, 1.54) is 5.56 Å². The molecule has 0 aliphatic carbocycles. The third-order valence-electron chi connectivity index (χ3n) is 6.01. The van der Waals surface area contributed by atoms with Gasteiger partial charge in [-0.05, 0) is 55.0 Å². The van der Waals surface area contributed by atoms with Crippen molar-refractivity contribution >= 4 is 5.91 Å². The molecule has 0 saturated carbocycles. The lowest BCUT2D eigenvalue weighted by molar-refractivity contribution is 0.0723. The summed E-state index contributed by atoms with van der Waals surface area (Å²) < 4.78 is 5.21. The molecule has 3 aromatic rings. The van der Waals surface area contributed by atoms with Crippen molar-refractivity contribution in [3.8, 4) is 17.0 Å². The molecule has 1 aliphatic heterocycles. The average Bonchev–Trinajstić information content (AvgIpc) is 3.30. The van der Waals surface area contributed by atoms with E-state index < -0.39 is 0 Å². The van der Waals surface area contributed by atoms with Gasteiger partial charge in [-0.1, -0.05) is 37.3 Å². The Morgan fingerprint density at radius 2 is 1.94 bits per heavy atom. The maximum Gasteiger partial charge on any atom is 0.273 e. The van der Waals surface area contributed by atoms with E-state index in [0.29, 0.717) is 30.1 Å². The SMILES string of the molecule is CCc1ccc(C2c3c(-c4cc(C)cc(C)c4O)n[nH]c3C(=O)N2CCCOC)cc1. The Balaban J connectivity index is 1.86. The van der Waals surface area contributed by atoms with Crippen LogP contribution in [0.15, 0.2) is 36.4 Å². The molecule has 1 aliphatic rings. The minimum Gasteiger partial charge on any atom is -0.507 e. The van der Waals surface area contributed by atoms with Crippen LogP contribution >= 0.6 is 0 Å². The van der Waals surface area contributed by atoms with E-state index in [4.69, 9.17) is 4.74 Å². The highest BCUT2D eigenvalue weighted by Crippen LogP contribution is 2.45. The summed E-state index contributed by atoms with van der Waals surface area (Å²) in [7, 11) is 1.67. The highest BCUT2D eigenvalue weighted by Gasteiger charge is 2.42. The van der Waals surface area contributed by atoms with Crippen LogP contribution < -0.4 is 0 Å². The number of methoxy groups -OCH3 is 1. The fraction of sp³-hybridized carbons (Fsp3) is 0.360. The summed E-state index contributed by atoms with van der Waals surface area (Å²) in [5.41, 5.74) is 6.71. The first-order valence-electron chi connectivity index (χ1n) is 10.7. The van der Waals surface area contributed by atoms with Crippen molar-refractivity contribution in [2.24, 2.45) is 0 Å². The summed E-state index contributed by atoms with van der Waals surface area (Å²) in [6.07, 6.45) is 1.70. The zero-order chi connectivity index (χ0) is 22.1. The number of hydrogen-bond acceptors (Lipinski definition) is 4. The zero-order valence-electron chi connectivity index (χ0n) is 18.5. The highest BCUT2D eigenvalue weighted by atomic mass is 16.5. The lowest BCUT2D eigenvalue weighted by Crippen LogP contribution is -2.31. The predicted octanol–water partition coefficient (Wildman–Crippen LogP) is 4.54. The van der Waals surface area contributed by atoms with Gasteiger partial charge in [0.25, 0.3) is 5.91 Å². The normalized spacial score (nSPS) is 15.5. The third-order valence-corrected chi connectivity index (χ3v) is 6.01. The Kier molecular flexibility index (Phi) is 5.83. The summed E-state index contributed by atoms with van der Waals surface area (Å²) in [5, 5.41) is 18.2. The number of phenols is 1. The number of aromatic amines is 1. The van der Waals surface area contributed by atoms with Gasteiger partial charge in [-0.2, -0.15) is 5.10 Å². The van der Waals surface area contributed by atoms with Crippen molar-refractivity contribution in [2.45, 2.75) is 39.7 Å². The minimum atomic E-state index is -0.265. The zero-order valence-corrected chi connectivity index (χ0v) is 18.5. The van der Waals surface area contributed by atoms with Gasteiger partial charge in [0.05, 0.1) is 6.04 Å². The second-order valence-corrected chi connectivity index (χ2v) is 8.18. The van der Waals surface area contributed by atoms with E-state index in [9.17, 15) is 9.90 Å². The van der Waals surface area contributed by atoms with Crippen LogP contribution in [0.2, 0.25) is 0 Å². The molecule has 162 valence electrons. The fourth-order valence-electron chi connectivity index (χ4n) is 4.43. The number of nitrogens with zero attached hydrogens (tertiary/aromatic N) is 2. The quantitative estimate of drug-likeness (QED) is 0.551. The molecule has 1 unspecified atom stereocenters. The first-order chi connectivity index (χ1) is 15.0. The number of H-pyrrole nitrogens is 1. The number of aromatic nitrogens is 2. The Morgan fingerprint density at radius 3 is 2.61 bits per heavy atom. The van der Waals surface area contributed by atoms with Gasteiger partial charge in [0.15, 0.2) is 0 Å². The number of phenolic OH excluding ortho intramolecular Hbond substituents is 1. The monoisotopic (exact) mass is 419 g/mol. The van der Waals surface area contributed by atoms with E-state index in [0.717, 1.165) is 35.1 Å². The van der Waals surface area contributed by atoms with E-state index in [2.05, 4.69) is 41.4 Å². The number of fused-ring (bicyclic) bond motifs is 1. The third kappa shape index (κ3) is 3.72. The molecular formula is C25H29N3O3. The van der Waals surface area contributed by atoms with Crippen molar-refractivity contribution < 1.29 is 14.6 Å². The van der Waals surface area contributed by atoms with Crippen LogP contribution in [-0.2, 0) is 11.2 Å². The second-order valence-electron chi connectivity index (χ2n) is 8.18. The highest BCUT2D eigenvalue weighted by molar-refractivity contribution is 6.00. The topological polar surface area (TPSA) is 78.5 Å². The molecule has 0 saturated heterocycles. The standard InChI is InChI=1S/C25H29N3O3/c1-5-17-7-9-18(10-8-17)23-20-21(19-14-15(2)13-16(3)24(19)29)26-27-22(20)25(30)28(23)11-6-12-31-4/h7-10,13-14,23,29H,5-6,11-12H2,1-4H3,(H,26,27). The van der Waals surface area contributed by atoms with Crippen molar-refractivity contribution in [1.29, 1.82) is 0 Å². The summed E-state index contributed by atoms with van der Waals surface area (Å²) >= 11 is 0. The first-order valence-corrected chi connectivity index (χ1v) is 10.7. The number of nitrogens with one attached hydrogen (secondary N) is 1. The number of aryl methyl sites for hydroxylation is 3. The minimum absolute atomic E-state index is 0.0710. The van der Waals surface area contributed by atoms with Crippen LogP contribution in [0.4, 0.5) is 0 Å². The van der Waals surface area contributed by atoms with Crippen LogP contribution in [0.25, 0.3) is 11.3 Å². The molecule has 2 heterocycles. The summed E-state index contributed by atoms with van der Waals surface area (Å²) in [6, 6.07) is 12.0. The van der Waals surface area contributed by atoms with Crippen molar-refractivity contribution in [3.05, 3.63) is 69.9 Å². The van der Waals surface area contributed by atoms with Crippen LogP contribution in [0.5, 0.6) is 5.75 Å². The number of aromatic hydroxyl groups is 1. The van der Waals surface area contributed by atoms with Gasteiger partial charge < -0.3 is 14.7 Å². The van der Waals surface area contributed by atoms with Gasteiger partial charge in [0.2, 0.25) is 0 Å². The summed E-state index contributed by atoms with van der Waals surface area (Å²) in [5.74, 6) is 0.128. The predicted molar refractivity (Wildman–Crippen MR) is 120 cm³/mol. The van der Waals surface area contributed by atoms with E-state index in [1.54, 1.807) is 7.11 Å². The van der Waals surface area contributed by atoms with Crippen LogP contribution in [-0.4, -0.2) is 46.4 Å². The molecule has 1 atom stereocenters. The van der Waals surface area contributed by atoms with E-state index in [-0.39, 0.29) is 17.7 Å². The Morgan fingerprint density at radius 1 is 1.19 bits per heavy atom. The summed E-state index contributed by atoms with van der Waals surface area (Å²) in [4.78, 5) is 15.2. The first kappa shape index (κ1) is 21.1. The molecule has 0 bridgehead atoms. The lowest BCUT2D eigenvalue weighted by Gasteiger charge is -2.26. The molecule has 2 aromatic carbocycles. The van der Waals surface area contributed by atoms with Crippen LogP contribution in [0.3, 0.4) is 0 Å². The molecule has 1 aromatic heterocycles. The number of carbonyl (C=O) groups excluding carboxylic acids is 1. The maximum atomic E-state index is 13.3. The molecule has 0 radical (unpaired) electrons. The largest absolute Gasteiger partial charge is 0.507 e. The van der Waals surface area contributed by atoms with Crippen molar-refractivity contribution in [1.82, 2.24) is 15.1 Å². The van der Waals surface area contributed by atoms with Gasteiger partial charge in [-0.3, -0.25) is 9.89 Å². The fourth-order valence-corrected chi connectivity index (χ4v) is 4.43. The maximum absolute atomic E-state index is 13.3. The number of hydrogen-bond donors (Lipinski definition) is 2. The van der Waals surface area contributed by atoms with Crippen LogP contribution in [0.1, 0.15) is 57.7 Å². The van der Waals surface area contributed by atoms with Gasteiger partial charge in [0.1, 0.15) is 17.1 Å². The van der Waals surface area contributed by atoms with Crippen molar-refractivity contribution in [3.63, 3.8) is 0 Å². The second kappa shape index (κ2) is 8.55. The molecule has 31 heavy (non-hydrogen) atoms. The molecule has 2 N–H and O–H groups in total. The molecule has 0 fully saturated rings. The number of carbonyl (C=O) groups is 1. The van der Waals surface area contributed by atoms with Crippen LogP contribution in [0, 0.1) is 13.8 Å². The Labute approximate surface area is 182 Å². The van der Waals surface area contributed by atoms with Crippen molar-refractivity contribution in [2.75, 3.05) is 20.3 Å². The number of ether oxygens (including phenoxy) is 1. The Bertz CT molecular complexity index is 1100. The van der Waals surface area contributed by atoms with Gasteiger partial charge >= 0.3 is 0 Å². The molecule has 1 amide bonds. The molecule has 0 spiro atoms.